The number of nitrogens with zero attached hydrogens (tertiary/aromatic N) is 1. The quantitative estimate of drug-likeness (QED) is 0.382. The first-order valence-corrected chi connectivity index (χ1v) is 8.04. The Labute approximate surface area is 150 Å². The number of imide groups is 1. The van der Waals surface area contributed by atoms with Crippen molar-refractivity contribution < 1.29 is 28.7 Å². The van der Waals surface area contributed by atoms with E-state index in [9.17, 15) is 19.2 Å². The zero-order valence-corrected chi connectivity index (χ0v) is 14.2. The highest BCUT2D eigenvalue weighted by molar-refractivity contribution is 6.21. The van der Waals surface area contributed by atoms with Gasteiger partial charge in [0.25, 0.3) is 11.8 Å². The van der Waals surface area contributed by atoms with Crippen LogP contribution in [0.3, 0.4) is 0 Å². The predicted octanol–water partition coefficient (Wildman–Crippen LogP) is 2.13. The van der Waals surface area contributed by atoms with E-state index in [0.717, 1.165) is 4.90 Å². The van der Waals surface area contributed by atoms with Crippen LogP contribution < -0.4 is 0 Å². The van der Waals surface area contributed by atoms with Crippen LogP contribution in [0.2, 0.25) is 0 Å². The SMILES string of the molecule is C=CCOC(=O)CCCN1C(=O)c2ccc(C(=O)OCC=C)cc2C1=O. The summed E-state index contributed by atoms with van der Waals surface area (Å²) < 4.78 is 9.77. The Morgan fingerprint density at radius 3 is 2.35 bits per heavy atom. The molecule has 0 bridgehead atoms. The van der Waals surface area contributed by atoms with E-state index >= 15 is 0 Å². The van der Waals surface area contributed by atoms with Gasteiger partial charge in [0.2, 0.25) is 0 Å². The molecule has 0 saturated carbocycles. The van der Waals surface area contributed by atoms with Gasteiger partial charge in [0, 0.05) is 13.0 Å². The molecule has 0 spiro atoms. The Morgan fingerprint density at radius 2 is 1.65 bits per heavy atom. The highest BCUT2D eigenvalue weighted by Crippen LogP contribution is 2.24. The third-order valence-electron chi connectivity index (χ3n) is 3.66. The molecule has 136 valence electrons. The van der Waals surface area contributed by atoms with Crippen LogP contribution >= 0.6 is 0 Å². The summed E-state index contributed by atoms with van der Waals surface area (Å²) in [5.74, 6) is -1.97. The third kappa shape index (κ3) is 4.24. The van der Waals surface area contributed by atoms with Crippen LogP contribution in [0.5, 0.6) is 0 Å². The molecule has 0 N–H and O–H groups in total. The second-order valence-corrected chi connectivity index (χ2v) is 5.48. The van der Waals surface area contributed by atoms with E-state index in [2.05, 4.69) is 13.2 Å². The summed E-state index contributed by atoms with van der Waals surface area (Å²) in [4.78, 5) is 49.2. The minimum atomic E-state index is -0.601. The first-order chi connectivity index (χ1) is 12.5. The number of amides is 2. The van der Waals surface area contributed by atoms with Gasteiger partial charge in [0.05, 0.1) is 16.7 Å². The minimum Gasteiger partial charge on any atom is -0.461 e. The number of hydrogen-bond donors (Lipinski definition) is 0. The van der Waals surface area contributed by atoms with Crippen LogP contribution in [-0.2, 0) is 14.3 Å². The van der Waals surface area contributed by atoms with Crippen molar-refractivity contribution in [1.29, 1.82) is 0 Å². The van der Waals surface area contributed by atoms with Crippen LogP contribution in [0.1, 0.15) is 43.9 Å². The Kier molecular flexibility index (Phi) is 6.43. The van der Waals surface area contributed by atoms with Gasteiger partial charge in [0.15, 0.2) is 0 Å². The molecule has 7 heteroatoms. The number of carbonyl (C=O) groups excluding carboxylic acids is 4. The average Bonchev–Trinajstić information content (AvgIpc) is 2.88. The minimum absolute atomic E-state index is 0.0525. The van der Waals surface area contributed by atoms with Gasteiger partial charge in [-0.25, -0.2) is 4.79 Å². The van der Waals surface area contributed by atoms with Crippen LogP contribution in [-0.4, -0.2) is 48.4 Å². The monoisotopic (exact) mass is 357 g/mol. The van der Waals surface area contributed by atoms with E-state index in [1.807, 2.05) is 0 Å². The summed E-state index contributed by atoms with van der Waals surface area (Å²) >= 11 is 0. The molecule has 26 heavy (non-hydrogen) atoms. The second-order valence-electron chi connectivity index (χ2n) is 5.48. The lowest BCUT2D eigenvalue weighted by atomic mass is 10.1. The normalized spacial score (nSPS) is 12.5. The van der Waals surface area contributed by atoms with Gasteiger partial charge < -0.3 is 9.47 Å². The summed E-state index contributed by atoms with van der Waals surface area (Å²) in [7, 11) is 0. The van der Waals surface area contributed by atoms with Crippen molar-refractivity contribution in [2.45, 2.75) is 12.8 Å². The third-order valence-corrected chi connectivity index (χ3v) is 3.66. The molecule has 0 fully saturated rings. The van der Waals surface area contributed by atoms with Crippen molar-refractivity contribution in [1.82, 2.24) is 4.90 Å². The highest BCUT2D eigenvalue weighted by atomic mass is 16.5. The van der Waals surface area contributed by atoms with Gasteiger partial charge >= 0.3 is 11.9 Å². The molecule has 1 aliphatic heterocycles. The molecule has 1 aliphatic rings. The maximum Gasteiger partial charge on any atom is 0.338 e. The first kappa shape index (κ1) is 19.1. The fourth-order valence-corrected chi connectivity index (χ4v) is 2.44. The van der Waals surface area contributed by atoms with E-state index in [-0.39, 0.29) is 49.3 Å². The van der Waals surface area contributed by atoms with Gasteiger partial charge in [0.1, 0.15) is 13.2 Å². The number of hydrogen-bond acceptors (Lipinski definition) is 6. The molecule has 2 amide bonds. The molecule has 2 rings (SSSR count). The molecule has 0 unspecified atom stereocenters. The molecular weight excluding hydrogens is 338 g/mol. The molecule has 0 saturated heterocycles. The molecule has 1 heterocycles. The van der Waals surface area contributed by atoms with Gasteiger partial charge in [-0.1, -0.05) is 25.3 Å². The number of esters is 2. The fraction of sp³-hybridized carbons (Fsp3) is 0.263. The van der Waals surface area contributed by atoms with Crippen molar-refractivity contribution in [2.75, 3.05) is 19.8 Å². The van der Waals surface area contributed by atoms with E-state index in [1.54, 1.807) is 0 Å². The summed E-state index contributed by atoms with van der Waals surface area (Å²) in [6.07, 6.45) is 3.26. The van der Waals surface area contributed by atoms with Crippen molar-refractivity contribution in [3.63, 3.8) is 0 Å². The van der Waals surface area contributed by atoms with Gasteiger partial charge in [-0.05, 0) is 24.6 Å². The fourth-order valence-electron chi connectivity index (χ4n) is 2.44. The molecule has 1 aromatic carbocycles. The van der Waals surface area contributed by atoms with Gasteiger partial charge in [-0.15, -0.1) is 0 Å². The number of ether oxygens (including phenoxy) is 2. The van der Waals surface area contributed by atoms with Crippen LogP contribution in [0.15, 0.2) is 43.5 Å². The lowest BCUT2D eigenvalue weighted by Crippen LogP contribution is -2.31. The van der Waals surface area contributed by atoms with Crippen molar-refractivity contribution in [2.24, 2.45) is 0 Å². The molecular formula is C19H19NO6. The zero-order valence-electron chi connectivity index (χ0n) is 14.2. The zero-order chi connectivity index (χ0) is 19.1. The Bertz CT molecular complexity index is 767. The number of fused-ring (bicyclic) bond motifs is 1. The van der Waals surface area contributed by atoms with Crippen molar-refractivity contribution >= 4 is 23.8 Å². The molecule has 0 aliphatic carbocycles. The summed E-state index contributed by atoms with van der Waals surface area (Å²) in [5.41, 5.74) is 0.559. The molecule has 0 radical (unpaired) electrons. The summed E-state index contributed by atoms with van der Waals surface area (Å²) in [5, 5.41) is 0. The summed E-state index contributed by atoms with van der Waals surface area (Å²) in [6, 6.07) is 4.21. The van der Waals surface area contributed by atoms with Gasteiger partial charge in [-0.2, -0.15) is 0 Å². The van der Waals surface area contributed by atoms with E-state index in [4.69, 9.17) is 9.47 Å². The molecule has 0 aromatic heterocycles. The average molecular weight is 357 g/mol. The molecule has 7 nitrogen and oxygen atoms in total. The largest absolute Gasteiger partial charge is 0.461 e. The molecule has 1 aromatic rings. The number of carbonyl (C=O) groups is 4. The van der Waals surface area contributed by atoms with E-state index in [1.165, 1.54) is 30.4 Å². The van der Waals surface area contributed by atoms with Crippen molar-refractivity contribution in [3.8, 4) is 0 Å². The highest BCUT2D eigenvalue weighted by Gasteiger charge is 2.35. The number of rotatable bonds is 9. The Hall–Kier alpha value is -3.22. The number of benzene rings is 1. The van der Waals surface area contributed by atoms with E-state index in [0.29, 0.717) is 0 Å². The van der Waals surface area contributed by atoms with Crippen molar-refractivity contribution in [3.05, 3.63) is 60.2 Å². The Morgan fingerprint density at radius 1 is 1.00 bits per heavy atom. The standard InChI is InChI=1S/C19H19NO6/c1-3-10-25-16(21)6-5-9-20-17(22)14-8-7-13(12-15(14)18(20)23)19(24)26-11-4-2/h3-4,7-8,12H,1-2,5-6,9-11H2. The van der Waals surface area contributed by atoms with Crippen LogP contribution in [0.25, 0.3) is 0 Å². The lowest BCUT2D eigenvalue weighted by Gasteiger charge is -2.13. The second kappa shape index (κ2) is 8.75. The first-order valence-electron chi connectivity index (χ1n) is 8.04. The molecule has 0 atom stereocenters. The van der Waals surface area contributed by atoms with Gasteiger partial charge in [-0.3, -0.25) is 19.3 Å². The van der Waals surface area contributed by atoms with E-state index < -0.39 is 23.8 Å². The topological polar surface area (TPSA) is 90.0 Å². The van der Waals surface area contributed by atoms with Crippen LogP contribution in [0.4, 0.5) is 0 Å². The maximum atomic E-state index is 12.5. The summed E-state index contributed by atoms with van der Waals surface area (Å²) in [6.45, 7) is 7.16. The Balaban J connectivity index is 2.02. The predicted molar refractivity (Wildman–Crippen MR) is 92.7 cm³/mol. The lowest BCUT2D eigenvalue weighted by molar-refractivity contribution is -0.142. The van der Waals surface area contributed by atoms with Crippen LogP contribution in [0, 0.1) is 0 Å². The maximum absolute atomic E-state index is 12.5. The smallest absolute Gasteiger partial charge is 0.338 e.